The van der Waals surface area contributed by atoms with Gasteiger partial charge >= 0.3 is 0 Å². The number of rotatable bonds is 5. The first kappa shape index (κ1) is 13.5. The molecular formula is C16H19N5. The number of nitrogens with one attached hydrogen (secondary N) is 1. The number of anilines is 1. The van der Waals surface area contributed by atoms with Gasteiger partial charge in [-0.05, 0) is 25.5 Å². The molecule has 108 valence electrons. The predicted octanol–water partition coefficient (Wildman–Crippen LogP) is 2.65. The second kappa shape index (κ2) is 5.91. The Morgan fingerprint density at radius 2 is 2.14 bits per heavy atom. The van der Waals surface area contributed by atoms with Crippen LogP contribution < -0.4 is 5.32 Å². The molecule has 0 saturated carbocycles. The zero-order valence-electron chi connectivity index (χ0n) is 12.4. The molecule has 5 nitrogen and oxygen atoms in total. The highest BCUT2D eigenvalue weighted by atomic mass is 15.0. The van der Waals surface area contributed by atoms with Crippen molar-refractivity contribution in [3.63, 3.8) is 0 Å². The van der Waals surface area contributed by atoms with Gasteiger partial charge in [-0.3, -0.25) is 0 Å². The molecule has 0 atom stereocenters. The van der Waals surface area contributed by atoms with Gasteiger partial charge in [-0.2, -0.15) is 0 Å². The van der Waals surface area contributed by atoms with E-state index in [1.165, 1.54) is 0 Å². The van der Waals surface area contributed by atoms with Crippen molar-refractivity contribution in [2.45, 2.75) is 26.7 Å². The van der Waals surface area contributed by atoms with Crippen molar-refractivity contribution in [1.29, 1.82) is 0 Å². The van der Waals surface area contributed by atoms with Gasteiger partial charge in [-0.1, -0.05) is 13.0 Å². The van der Waals surface area contributed by atoms with Gasteiger partial charge in [-0.25, -0.2) is 15.0 Å². The molecule has 0 aliphatic carbocycles. The summed E-state index contributed by atoms with van der Waals surface area (Å²) in [4.78, 5) is 13.3. The molecule has 3 aromatic heterocycles. The standard InChI is InChI=1S/C16H19N5/c1-3-13-10-18-12(2)19-16(13)17-8-7-14-11-21-9-5-4-6-15(21)20-14/h4-6,9-11H,3,7-8H2,1-2H3,(H,17,18,19). The maximum Gasteiger partial charge on any atom is 0.136 e. The van der Waals surface area contributed by atoms with E-state index in [1.54, 1.807) is 0 Å². The lowest BCUT2D eigenvalue weighted by atomic mass is 10.2. The quantitative estimate of drug-likeness (QED) is 0.781. The van der Waals surface area contributed by atoms with Crippen LogP contribution in [0.15, 0.2) is 36.8 Å². The van der Waals surface area contributed by atoms with Crippen molar-refractivity contribution in [3.05, 3.63) is 53.9 Å². The number of hydrogen-bond donors (Lipinski definition) is 1. The van der Waals surface area contributed by atoms with Crippen molar-refractivity contribution >= 4 is 11.5 Å². The SMILES string of the molecule is CCc1cnc(C)nc1NCCc1cn2ccccc2n1. The number of imidazole rings is 1. The number of fused-ring (bicyclic) bond motifs is 1. The molecule has 0 aliphatic rings. The lowest BCUT2D eigenvalue weighted by molar-refractivity contribution is 0.934. The topological polar surface area (TPSA) is 55.1 Å². The van der Waals surface area contributed by atoms with Crippen molar-refractivity contribution in [3.8, 4) is 0 Å². The fourth-order valence-corrected chi connectivity index (χ4v) is 2.32. The summed E-state index contributed by atoms with van der Waals surface area (Å²) in [6.45, 7) is 4.83. The van der Waals surface area contributed by atoms with Crippen LogP contribution in [-0.2, 0) is 12.8 Å². The fourth-order valence-electron chi connectivity index (χ4n) is 2.32. The first-order chi connectivity index (χ1) is 10.3. The van der Waals surface area contributed by atoms with Crippen LogP contribution >= 0.6 is 0 Å². The van der Waals surface area contributed by atoms with E-state index in [0.29, 0.717) is 0 Å². The van der Waals surface area contributed by atoms with Gasteiger partial charge in [0.15, 0.2) is 0 Å². The molecule has 0 spiro atoms. The van der Waals surface area contributed by atoms with E-state index in [4.69, 9.17) is 0 Å². The number of pyridine rings is 1. The summed E-state index contributed by atoms with van der Waals surface area (Å²) in [6.07, 6.45) is 7.78. The number of nitrogens with zero attached hydrogens (tertiary/aromatic N) is 4. The van der Waals surface area contributed by atoms with Crippen LogP contribution in [0.5, 0.6) is 0 Å². The molecule has 0 amide bonds. The number of hydrogen-bond acceptors (Lipinski definition) is 4. The first-order valence-electron chi connectivity index (χ1n) is 7.25. The Morgan fingerprint density at radius 3 is 2.95 bits per heavy atom. The number of aromatic nitrogens is 4. The molecule has 3 rings (SSSR count). The molecule has 1 N–H and O–H groups in total. The minimum Gasteiger partial charge on any atom is -0.369 e. The lowest BCUT2D eigenvalue weighted by Crippen LogP contribution is -2.10. The average Bonchev–Trinajstić information content (AvgIpc) is 2.90. The van der Waals surface area contributed by atoms with E-state index in [2.05, 4.69) is 33.4 Å². The van der Waals surface area contributed by atoms with Gasteiger partial charge in [0.05, 0.1) is 5.69 Å². The van der Waals surface area contributed by atoms with E-state index in [9.17, 15) is 0 Å². The van der Waals surface area contributed by atoms with E-state index in [1.807, 2.05) is 41.9 Å². The summed E-state index contributed by atoms with van der Waals surface area (Å²) in [5, 5.41) is 3.40. The third-order valence-electron chi connectivity index (χ3n) is 3.45. The van der Waals surface area contributed by atoms with Gasteiger partial charge in [-0.15, -0.1) is 0 Å². The molecule has 0 radical (unpaired) electrons. The molecule has 0 unspecified atom stereocenters. The van der Waals surface area contributed by atoms with Crippen LogP contribution in [0.4, 0.5) is 5.82 Å². The van der Waals surface area contributed by atoms with Crippen molar-refractivity contribution in [1.82, 2.24) is 19.4 Å². The van der Waals surface area contributed by atoms with Crippen molar-refractivity contribution in [2.24, 2.45) is 0 Å². The Kier molecular flexibility index (Phi) is 3.81. The van der Waals surface area contributed by atoms with Crippen LogP contribution in [0.3, 0.4) is 0 Å². The zero-order valence-corrected chi connectivity index (χ0v) is 12.4. The second-order valence-electron chi connectivity index (χ2n) is 5.02. The van der Waals surface area contributed by atoms with Crippen LogP contribution in [0.1, 0.15) is 24.0 Å². The zero-order chi connectivity index (χ0) is 14.7. The summed E-state index contributed by atoms with van der Waals surface area (Å²) >= 11 is 0. The maximum absolute atomic E-state index is 4.59. The second-order valence-corrected chi connectivity index (χ2v) is 5.02. The lowest BCUT2D eigenvalue weighted by Gasteiger charge is -2.09. The smallest absolute Gasteiger partial charge is 0.136 e. The van der Waals surface area contributed by atoms with E-state index >= 15 is 0 Å². The van der Waals surface area contributed by atoms with Gasteiger partial charge in [0.1, 0.15) is 17.3 Å². The molecular weight excluding hydrogens is 262 g/mol. The van der Waals surface area contributed by atoms with Crippen LogP contribution in [0, 0.1) is 6.92 Å². The minimum atomic E-state index is 0.794. The molecule has 0 fully saturated rings. The third-order valence-corrected chi connectivity index (χ3v) is 3.45. The first-order valence-corrected chi connectivity index (χ1v) is 7.25. The van der Waals surface area contributed by atoms with Gasteiger partial charge in [0.2, 0.25) is 0 Å². The monoisotopic (exact) mass is 281 g/mol. The summed E-state index contributed by atoms with van der Waals surface area (Å²) in [5.41, 5.74) is 3.22. The Bertz CT molecular complexity index is 714. The maximum atomic E-state index is 4.59. The van der Waals surface area contributed by atoms with Crippen LogP contribution in [-0.4, -0.2) is 25.9 Å². The van der Waals surface area contributed by atoms with E-state index in [0.717, 1.165) is 47.9 Å². The molecule has 3 heterocycles. The minimum absolute atomic E-state index is 0.794. The van der Waals surface area contributed by atoms with Crippen molar-refractivity contribution in [2.75, 3.05) is 11.9 Å². The summed E-state index contributed by atoms with van der Waals surface area (Å²) in [5.74, 6) is 1.73. The highest BCUT2D eigenvalue weighted by molar-refractivity contribution is 5.43. The molecule has 0 aliphatic heterocycles. The van der Waals surface area contributed by atoms with Gasteiger partial charge in [0, 0.05) is 37.1 Å². The third kappa shape index (κ3) is 3.02. The Labute approximate surface area is 124 Å². The molecule has 0 saturated heterocycles. The Balaban J connectivity index is 1.67. The van der Waals surface area contributed by atoms with E-state index in [-0.39, 0.29) is 0 Å². The van der Waals surface area contributed by atoms with Gasteiger partial charge in [0.25, 0.3) is 0 Å². The van der Waals surface area contributed by atoms with Crippen LogP contribution in [0.2, 0.25) is 0 Å². The highest BCUT2D eigenvalue weighted by Crippen LogP contribution is 2.12. The molecule has 5 heteroatoms. The Morgan fingerprint density at radius 1 is 1.24 bits per heavy atom. The fraction of sp³-hybridized carbons (Fsp3) is 0.312. The Hall–Kier alpha value is -2.43. The summed E-state index contributed by atoms with van der Waals surface area (Å²) in [7, 11) is 0. The molecule has 0 aromatic carbocycles. The molecule has 21 heavy (non-hydrogen) atoms. The predicted molar refractivity (Wildman–Crippen MR) is 83.5 cm³/mol. The van der Waals surface area contributed by atoms with Crippen LogP contribution in [0.25, 0.3) is 5.65 Å². The van der Waals surface area contributed by atoms with E-state index < -0.39 is 0 Å². The summed E-state index contributed by atoms with van der Waals surface area (Å²) in [6, 6.07) is 6.02. The summed E-state index contributed by atoms with van der Waals surface area (Å²) < 4.78 is 2.04. The molecule has 3 aromatic rings. The largest absolute Gasteiger partial charge is 0.369 e. The van der Waals surface area contributed by atoms with Gasteiger partial charge < -0.3 is 9.72 Å². The highest BCUT2D eigenvalue weighted by Gasteiger charge is 2.05. The normalized spacial score (nSPS) is 11.0. The van der Waals surface area contributed by atoms with Crippen molar-refractivity contribution < 1.29 is 0 Å². The average molecular weight is 281 g/mol. The number of aryl methyl sites for hydroxylation is 2. The molecule has 0 bridgehead atoms.